The number of nitrogens with one attached hydrogen (secondary N) is 1. The lowest BCUT2D eigenvalue weighted by molar-refractivity contribution is 0.135. The van der Waals surface area contributed by atoms with Crippen LogP contribution in [0.4, 0.5) is 0 Å². The van der Waals surface area contributed by atoms with E-state index in [9.17, 15) is 4.79 Å². The second-order valence-corrected chi connectivity index (χ2v) is 7.28. The Morgan fingerprint density at radius 1 is 1.19 bits per heavy atom. The minimum atomic E-state index is -0.0125. The lowest BCUT2D eigenvalue weighted by Crippen LogP contribution is -2.33. The van der Waals surface area contributed by atoms with E-state index >= 15 is 0 Å². The van der Waals surface area contributed by atoms with Crippen molar-refractivity contribution < 1.29 is 0 Å². The predicted molar refractivity (Wildman–Crippen MR) is 101 cm³/mol. The highest BCUT2D eigenvalue weighted by atomic mass is 16.1. The van der Waals surface area contributed by atoms with E-state index in [-0.39, 0.29) is 11.6 Å². The summed E-state index contributed by atoms with van der Waals surface area (Å²) in [5.41, 5.74) is 5.38. The fourth-order valence-electron chi connectivity index (χ4n) is 3.84. The summed E-state index contributed by atoms with van der Waals surface area (Å²) in [6.45, 7) is 7.60. The molecule has 136 valence electrons. The van der Waals surface area contributed by atoms with E-state index in [4.69, 9.17) is 0 Å². The number of fused-ring (bicyclic) bond motifs is 1. The summed E-state index contributed by atoms with van der Waals surface area (Å²) >= 11 is 0. The molecule has 4 heterocycles. The van der Waals surface area contributed by atoms with Crippen molar-refractivity contribution >= 4 is 5.65 Å². The van der Waals surface area contributed by atoms with Crippen molar-refractivity contribution in [1.82, 2.24) is 24.5 Å². The van der Waals surface area contributed by atoms with Crippen LogP contribution in [0.2, 0.25) is 0 Å². The van der Waals surface area contributed by atoms with Gasteiger partial charge in [0.1, 0.15) is 0 Å². The fourth-order valence-corrected chi connectivity index (χ4v) is 3.84. The Balaban J connectivity index is 1.69. The molecule has 3 aromatic rings. The van der Waals surface area contributed by atoms with Crippen molar-refractivity contribution in [2.24, 2.45) is 0 Å². The van der Waals surface area contributed by atoms with Crippen LogP contribution in [0.5, 0.6) is 0 Å². The molecule has 0 amide bonds. The molecule has 6 heteroatoms. The van der Waals surface area contributed by atoms with Crippen molar-refractivity contribution in [2.45, 2.75) is 52.6 Å². The molecule has 26 heavy (non-hydrogen) atoms. The normalized spacial score (nSPS) is 18.5. The molecule has 4 rings (SSSR count). The van der Waals surface area contributed by atoms with Crippen molar-refractivity contribution in [3.63, 3.8) is 0 Å². The standard InChI is InChI=1S/C20H25N5O/c1-13-7-6-8-16(21-13)12-24-10-5-4-9-18(24)17-11-19-22-15(3)14(2)20(26)25(19)23-17/h6-8,11,18,23H,4-5,9-10,12H2,1-3H3/t18-/m1/s1. The maximum atomic E-state index is 12.5. The monoisotopic (exact) mass is 351 g/mol. The Bertz CT molecular complexity index is 1000. The number of hydrogen-bond donors (Lipinski definition) is 1. The molecule has 0 spiro atoms. The van der Waals surface area contributed by atoms with Crippen LogP contribution in [0.1, 0.15) is 53.6 Å². The van der Waals surface area contributed by atoms with E-state index in [1.54, 1.807) is 4.52 Å². The first-order chi connectivity index (χ1) is 12.5. The second kappa shape index (κ2) is 6.68. The number of rotatable bonds is 3. The first-order valence-electron chi connectivity index (χ1n) is 9.28. The maximum Gasteiger partial charge on any atom is 0.275 e. The summed E-state index contributed by atoms with van der Waals surface area (Å²) < 4.78 is 1.58. The van der Waals surface area contributed by atoms with E-state index in [1.165, 1.54) is 12.8 Å². The maximum absolute atomic E-state index is 12.5. The van der Waals surface area contributed by atoms with Gasteiger partial charge in [0.2, 0.25) is 0 Å². The third-order valence-electron chi connectivity index (χ3n) is 5.39. The van der Waals surface area contributed by atoms with Gasteiger partial charge >= 0.3 is 0 Å². The molecule has 0 bridgehead atoms. The number of nitrogens with zero attached hydrogens (tertiary/aromatic N) is 4. The summed E-state index contributed by atoms with van der Waals surface area (Å²) in [6, 6.07) is 8.46. The quantitative estimate of drug-likeness (QED) is 0.787. The van der Waals surface area contributed by atoms with E-state index in [0.717, 1.165) is 42.3 Å². The molecule has 1 fully saturated rings. The summed E-state index contributed by atoms with van der Waals surface area (Å²) in [7, 11) is 0. The molecule has 1 aliphatic heterocycles. The highest BCUT2D eigenvalue weighted by molar-refractivity contribution is 5.42. The Morgan fingerprint density at radius 3 is 2.85 bits per heavy atom. The van der Waals surface area contributed by atoms with Crippen LogP contribution in [0.25, 0.3) is 5.65 Å². The minimum Gasteiger partial charge on any atom is -0.292 e. The molecule has 6 nitrogen and oxygen atoms in total. The topological polar surface area (TPSA) is 66.3 Å². The van der Waals surface area contributed by atoms with Gasteiger partial charge in [-0.3, -0.25) is 19.8 Å². The van der Waals surface area contributed by atoms with Crippen molar-refractivity contribution in [3.8, 4) is 0 Å². The first kappa shape index (κ1) is 17.0. The molecular weight excluding hydrogens is 326 g/mol. The fraction of sp³-hybridized carbons (Fsp3) is 0.450. The van der Waals surface area contributed by atoms with Crippen LogP contribution in [-0.2, 0) is 6.54 Å². The number of hydrogen-bond acceptors (Lipinski definition) is 4. The Hall–Kier alpha value is -2.47. The lowest BCUT2D eigenvalue weighted by atomic mass is 9.99. The van der Waals surface area contributed by atoms with Crippen LogP contribution in [-0.4, -0.2) is 31.0 Å². The van der Waals surface area contributed by atoms with Gasteiger partial charge < -0.3 is 0 Å². The van der Waals surface area contributed by atoms with Crippen molar-refractivity contribution in [2.75, 3.05) is 6.54 Å². The average Bonchev–Trinajstić information content (AvgIpc) is 3.04. The minimum absolute atomic E-state index is 0.0125. The molecule has 1 saturated heterocycles. The molecule has 0 saturated carbocycles. The molecular formula is C20H25N5O. The summed E-state index contributed by atoms with van der Waals surface area (Å²) in [6.07, 6.45) is 3.46. The number of H-pyrrole nitrogens is 1. The molecule has 1 N–H and O–H groups in total. The second-order valence-electron chi connectivity index (χ2n) is 7.28. The molecule has 0 unspecified atom stereocenters. The number of likely N-dealkylation sites (tertiary alicyclic amines) is 1. The average molecular weight is 351 g/mol. The molecule has 0 aliphatic carbocycles. The Kier molecular flexibility index (Phi) is 4.36. The smallest absolute Gasteiger partial charge is 0.275 e. The zero-order chi connectivity index (χ0) is 18.3. The number of aromatic nitrogens is 4. The summed E-state index contributed by atoms with van der Waals surface area (Å²) in [5, 5.41) is 3.31. The molecule has 0 radical (unpaired) electrons. The summed E-state index contributed by atoms with van der Waals surface area (Å²) in [4.78, 5) is 24.2. The van der Waals surface area contributed by atoms with Gasteiger partial charge in [-0.15, -0.1) is 0 Å². The van der Waals surface area contributed by atoms with Gasteiger partial charge in [0.15, 0.2) is 5.65 Å². The molecule has 0 aromatic carbocycles. The molecule has 1 atom stereocenters. The summed E-state index contributed by atoms with van der Waals surface area (Å²) in [5.74, 6) is 0. The molecule has 1 aliphatic rings. The van der Waals surface area contributed by atoms with Crippen molar-refractivity contribution in [1.29, 1.82) is 0 Å². The zero-order valence-corrected chi connectivity index (χ0v) is 15.6. The van der Waals surface area contributed by atoms with E-state index in [2.05, 4.69) is 32.1 Å². The third kappa shape index (κ3) is 3.05. The SMILES string of the molecule is Cc1cccc(CN2CCCC[C@@H]2c2cc3nc(C)c(C)c(=O)n3[nH]2)n1. The van der Waals surface area contributed by atoms with Crippen LogP contribution in [0.15, 0.2) is 29.1 Å². The number of aromatic amines is 1. The lowest BCUT2D eigenvalue weighted by Gasteiger charge is -2.34. The third-order valence-corrected chi connectivity index (χ3v) is 5.39. The van der Waals surface area contributed by atoms with Gasteiger partial charge in [-0.2, -0.15) is 0 Å². The van der Waals surface area contributed by atoms with Gasteiger partial charge in [-0.1, -0.05) is 12.5 Å². The van der Waals surface area contributed by atoms with Gasteiger partial charge in [0, 0.05) is 29.6 Å². The first-order valence-corrected chi connectivity index (χ1v) is 9.28. The van der Waals surface area contributed by atoms with E-state index in [1.807, 2.05) is 32.9 Å². The highest BCUT2D eigenvalue weighted by Crippen LogP contribution is 2.31. The van der Waals surface area contributed by atoms with Crippen LogP contribution >= 0.6 is 0 Å². The molecule has 3 aromatic heterocycles. The number of piperidine rings is 1. The zero-order valence-electron chi connectivity index (χ0n) is 15.6. The largest absolute Gasteiger partial charge is 0.292 e. The highest BCUT2D eigenvalue weighted by Gasteiger charge is 2.26. The van der Waals surface area contributed by atoms with Gasteiger partial charge in [0.05, 0.1) is 17.4 Å². The predicted octanol–water partition coefficient (Wildman–Crippen LogP) is 3.07. The van der Waals surface area contributed by atoms with E-state index in [0.29, 0.717) is 11.2 Å². The van der Waals surface area contributed by atoms with Gasteiger partial charge in [-0.05, 0) is 52.3 Å². The van der Waals surface area contributed by atoms with Crippen LogP contribution in [0.3, 0.4) is 0 Å². The number of pyridine rings is 1. The van der Waals surface area contributed by atoms with E-state index < -0.39 is 0 Å². The van der Waals surface area contributed by atoms with Crippen LogP contribution in [0, 0.1) is 20.8 Å². The van der Waals surface area contributed by atoms with Gasteiger partial charge in [0.25, 0.3) is 5.56 Å². The Morgan fingerprint density at radius 2 is 2.04 bits per heavy atom. The Labute approximate surface area is 152 Å². The van der Waals surface area contributed by atoms with Crippen molar-refractivity contribution in [3.05, 3.63) is 63.0 Å². The van der Waals surface area contributed by atoms with Crippen LogP contribution < -0.4 is 5.56 Å². The van der Waals surface area contributed by atoms with Gasteiger partial charge in [-0.25, -0.2) is 9.50 Å². The number of aryl methyl sites for hydroxylation is 2.